The molecule has 1 aromatic rings. The van der Waals surface area contributed by atoms with Crippen molar-refractivity contribution >= 4 is 33.2 Å². The van der Waals surface area contributed by atoms with Crippen molar-refractivity contribution in [2.45, 2.75) is 19.3 Å². The predicted octanol–water partition coefficient (Wildman–Crippen LogP) is 2.47. The number of nitrogens with one attached hydrogen (secondary N) is 1. The van der Waals surface area contributed by atoms with Crippen LogP contribution in [0.4, 0.5) is 0 Å². The van der Waals surface area contributed by atoms with Crippen LogP contribution in [0, 0.1) is 16.7 Å². The zero-order valence-electron chi connectivity index (χ0n) is 8.62. The molecule has 0 aromatic carbocycles. The lowest BCUT2D eigenvalue weighted by molar-refractivity contribution is -0.124. The predicted molar refractivity (Wildman–Crippen MR) is 66.0 cm³/mol. The fraction of sp³-hybridized carbons (Fsp3) is 0.455. The summed E-state index contributed by atoms with van der Waals surface area (Å²) < 4.78 is 1.10. The highest BCUT2D eigenvalue weighted by atomic mass is 79.9. The Kier molecular flexibility index (Phi) is 3.31. The number of nitriles is 1. The molecule has 1 aliphatic carbocycles. The monoisotopic (exact) mass is 298 g/mol. The van der Waals surface area contributed by atoms with Crippen LogP contribution in [0.1, 0.15) is 17.7 Å². The molecule has 0 unspecified atom stereocenters. The molecule has 1 fully saturated rings. The normalized spacial score (nSPS) is 16.5. The minimum absolute atomic E-state index is 0.106. The number of amides is 1. The van der Waals surface area contributed by atoms with Gasteiger partial charge >= 0.3 is 0 Å². The Labute approximate surface area is 107 Å². The van der Waals surface area contributed by atoms with Crippen molar-refractivity contribution in [1.82, 2.24) is 5.32 Å². The summed E-state index contributed by atoms with van der Waals surface area (Å²) in [6.07, 6.45) is 2.24. The average Bonchev–Trinajstić information content (AvgIpc) is 2.98. The van der Waals surface area contributed by atoms with Crippen molar-refractivity contribution in [3.05, 3.63) is 20.8 Å². The van der Waals surface area contributed by atoms with Crippen LogP contribution in [0.25, 0.3) is 0 Å². The van der Waals surface area contributed by atoms with Gasteiger partial charge in [-0.15, -0.1) is 11.3 Å². The maximum absolute atomic E-state index is 11.6. The standard InChI is InChI=1S/C11H11BrN2OS/c12-9-2-1-8(16-9)3-6-14-10(15)11(7-13)4-5-11/h1-2H,3-6H2,(H,14,15). The van der Waals surface area contributed by atoms with E-state index in [1.54, 1.807) is 11.3 Å². The third kappa shape index (κ3) is 2.45. The number of halogens is 1. The van der Waals surface area contributed by atoms with Gasteiger partial charge in [-0.05, 0) is 47.3 Å². The summed E-state index contributed by atoms with van der Waals surface area (Å²) in [6, 6.07) is 6.13. The van der Waals surface area contributed by atoms with E-state index in [-0.39, 0.29) is 5.91 Å². The molecule has 0 spiro atoms. The SMILES string of the molecule is N#CC1(C(=O)NCCc2ccc(Br)s2)CC1. The Balaban J connectivity index is 1.77. The van der Waals surface area contributed by atoms with Crippen molar-refractivity contribution in [3.63, 3.8) is 0 Å². The van der Waals surface area contributed by atoms with Gasteiger partial charge in [0.1, 0.15) is 5.41 Å². The zero-order valence-corrected chi connectivity index (χ0v) is 11.0. The lowest BCUT2D eigenvalue weighted by atomic mass is 10.1. The van der Waals surface area contributed by atoms with E-state index >= 15 is 0 Å². The molecule has 0 radical (unpaired) electrons. The molecule has 0 aliphatic heterocycles. The molecule has 1 aliphatic rings. The molecule has 1 aromatic heterocycles. The molecule has 3 nitrogen and oxygen atoms in total. The van der Waals surface area contributed by atoms with Gasteiger partial charge in [-0.25, -0.2) is 0 Å². The quantitative estimate of drug-likeness (QED) is 0.928. The summed E-state index contributed by atoms with van der Waals surface area (Å²) in [4.78, 5) is 12.8. The average molecular weight is 299 g/mol. The summed E-state index contributed by atoms with van der Waals surface area (Å²) >= 11 is 5.06. The maximum atomic E-state index is 11.6. The van der Waals surface area contributed by atoms with Gasteiger partial charge in [-0.3, -0.25) is 4.79 Å². The summed E-state index contributed by atoms with van der Waals surface area (Å²) in [7, 11) is 0. The van der Waals surface area contributed by atoms with Crippen LogP contribution < -0.4 is 5.32 Å². The van der Waals surface area contributed by atoms with E-state index in [0.29, 0.717) is 19.4 Å². The van der Waals surface area contributed by atoms with E-state index in [2.05, 4.69) is 27.3 Å². The van der Waals surface area contributed by atoms with Gasteiger partial charge in [-0.1, -0.05) is 0 Å². The minimum Gasteiger partial charge on any atom is -0.354 e. The Morgan fingerprint density at radius 3 is 2.88 bits per heavy atom. The molecule has 1 N–H and O–H groups in total. The van der Waals surface area contributed by atoms with Crippen molar-refractivity contribution in [1.29, 1.82) is 5.26 Å². The summed E-state index contributed by atoms with van der Waals surface area (Å²) in [5.41, 5.74) is -0.698. The number of nitrogens with zero attached hydrogens (tertiary/aromatic N) is 1. The Hall–Kier alpha value is -0.860. The molecule has 1 amide bonds. The van der Waals surface area contributed by atoms with Crippen LogP contribution >= 0.6 is 27.3 Å². The lowest BCUT2D eigenvalue weighted by Crippen LogP contribution is -2.32. The molecule has 1 heterocycles. The molecule has 0 atom stereocenters. The van der Waals surface area contributed by atoms with Gasteiger partial charge in [-0.2, -0.15) is 5.26 Å². The second kappa shape index (κ2) is 4.56. The molecule has 1 saturated carbocycles. The fourth-order valence-electron chi connectivity index (χ4n) is 1.47. The second-order valence-corrected chi connectivity index (χ2v) is 6.45. The highest BCUT2D eigenvalue weighted by Gasteiger charge is 2.50. The van der Waals surface area contributed by atoms with E-state index in [1.807, 2.05) is 12.1 Å². The Morgan fingerprint density at radius 1 is 1.62 bits per heavy atom. The molecule has 2 rings (SSSR count). The summed E-state index contributed by atoms with van der Waals surface area (Å²) in [5, 5.41) is 11.7. The molecule has 0 saturated heterocycles. The third-order valence-corrected chi connectivity index (χ3v) is 4.37. The third-order valence-electron chi connectivity index (χ3n) is 2.68. The first-order valence-electron chi connectivity index (χ1n) is 5.10. The van der Waals surface area contributed by atoms with E-state index in [0.717, 1.165) is 10.2 Å². The highest BCUT2D eigenvalue weighted by molar-refractivity contribution is 9.11. The van der Waals surface area contributed by atoms with Gasteiger partial charge in [0, 0.05) is 11.4 Å². The second-order valence-electron chi connectivity index (χ2n) is 3.91. The largest absolute Gasteiger partial charge is 0.354 e. The summed E-state index contributed by atoms with van der Waals surface area (Å²) in [5.74, 6) is -0.106. The number of thiophene rings is 1. The van der Waals surface area contributed by atoms with E-state index < -0.39 is 5.41 Å². The van der Waals surface area contributed by atoms with Gasteiger partial charge < -0.3 is 5.32 Å². The van der Waals surface area contributed by atoms with Crippen LogP contribution in [0.3, 0.4) is 0 Å². The molecular formula is C11H11BrN2OS. The molecule has 84 valence electrons. The van der Waals surface area contributed by atoms with Gasteiger partial charge in [0.2, 0.25) is 5.91 Å². The first kappa shape index (κ1) is 11.6. The fourth-order valence-corrected chi connectivity index (χ4v) is 2.95. The first-order valence-corrected chi connectivity index (χ1v) is 6.71. The molecule has 0 bridgehead atoms. The Bertz CT molecular complexity index is 445. The number of rotatable bonds is 4. The van der Waals surface area contributed by atoms with E-state index in [4.69, 9.17) is 5.26 Å². The van der Waals surface area contributed by atoms with Crippen LogP contribution in [0.5, 0.6) is 0 Å². The smallest absolute Gasteiger partial charge is 0.240 e. The number of carbonyl (C=O) groups excluding carboxylic acids is 1. The van der Waals surface area contributed by atoms with Gasteiger partial charge in [0.25, 0.3) is 0 Å². The zero-order chi connectivity index (χ0) is 11.6. The van der Waals surface area contributed by atoms with Crippen molar-refractivity contribution in [2.24, 2.45) is 5.41 Å². The maximum Gasteiger partial charge on any atom is 0.240 e. The Morgan fingerprint density at radius 2 is 2.38 bits per heavy atom. The lowest BCUT2D eigenvalue weighted by Gasteiger charge is -2.06. The van der Waals surface area contributed by atoms with Crippen LogP contribution in [0.2, 0.25) is 0 Å². The van der Waals surface area contributed by atoms with E-state index in [9.17, 15) is 4.79 Å². The van der Waals surface area contributed by atoms with Crippen LogP contribution in [0.15, 0.2) is 15.9 Å². The first-order chi connectivity index (χ1) is 7.66. The van der Waals surface area contributed by atoms with Crippen LogP contribution in [-0.2, 0) is 11.2 Å². The van der Waals surface area contributed by atoms with Crippen LogP contribution in [-0.4, -0.2) is 12.5 Å². The molecule has 16 heavy (non-hydrogen) atoms. The molecular weight excluding hydrogens is 288 g/mol. The summed E-state index contributed by atoms with van der Waals surface area (Å²) in [6.45, 7) is 0.606. The van der Waals surface area contributed by atoms with Gasteiger partial charge in [0.05, 0.1) is 9.86 Å². The topological polar surface area (TPSA) is 52.9 Å². The highest BCUT2D eigenvalue weighted by Crippen LogP contribution is 2.44. The van der Waals surface area contributed by atoms with Crippen molar-refractivity contribution in [3.8, 4) is 6.07 Å². The minimum atomic E-state index is -0.698. The van der Waals surface area contributed by atoms with Gasteiger partial charge in [0.15, 0.2) is 0 Å². The van der Waals surface area contributed by atoms with E-state index in [1.165, 1.54) is 4.88 Å². The van der Waals surface area contributed by atoms with Crippen molar-refractivity contribution < 1.29 is 4.79 Å². The van der Waals surface area contributed by atoms with Crippen molar-refractivity contribution in [2.75, 3.05) is 6.54 Å². The number of hydrogen-bond acceptors (Lipinski definition) is 3. The molecule has 5 heteroatoms. The number of carbonyl (C=O) groups is 1. The number of hydrogen-bond donors (Lipinski definition) is 1.